The van der Waals surface area contributed by atoms with Crippen molar-refractivity contribution in [1.29, 1.82) is 0 Å². The van der Waals surface area contributed by atoms with Gasteiger partial charge in [0.1, 0.15) is 5.82 Å². The standard InChI is InChI=1S/C12H14Cl2FN/c13-10-4-8(5-10)6-16-7-9-2-1-3-11(15)12(9)14/h1-3,8,10,16H,4-7H2. The summed E-state index contributed by atoms with van der Waals surface area (Å²) in [6.45, 7) is 1.54. The first-order valence-electron chi connectivity index (χ1n) is 5.44. The Morgan fingerprint density at radius 1 is 1.38 bits per heavy atom. The predicted octanol–water partition coefficient (Wildman–Crippen LogP) is 3.59. The monoisotopic (exact) mass is 261 g/mol. The smallest absolute Gasteiger partial charge is 0.142 e. The Balaban J connectivity index is 1.79. The van der Waals surface area contributed by atoms with Gasteiger partial charge in [0.2, 0.25) is 0 Å². The van der Waals surface area contributed by atoms with Gasteiger partial charge < -0.3 is 5.32 Å². The molecule has 0 amide bonds. The molecule has 0 unspecified atom stereocenters. The highest BCUT2D eigenvalue weighted by Crippen LogP contribution is 2.31. The van der Waals surface area contributed by atoms with Gasteiger partial charge in [0, 0.05) is 11.9 Å². The lowest BCUT2D eigenvalue weighted by atomic mass is 9.85. The van der Waals surface area contributed by atoms with Gasteiger partial charge in [-0.05, 0) is 36.9 Å². The molecule has 1 saturated carbocycles. The van der Waals surface area contributed by atoms with E-state index in [1.54, 1.807) is 6.07 Å². The number of halogens is 3. The Morgan fingerprint density at radius 3 is 2.81 bits per heavy atom. The first kappa shape index (κ1) is 12.2. The van der Waals surface area contributed by atoms with Gasteiger partial charge in [-0.2, -0.15) is 0 Å². The molecule has 1 aromatic rings. The fraction of sp³-hybridized carbons (Fsp3) is 0.500. The SMILES string of the molecule is Fc1cccc(CNCC2CC(Cl)C2)c1Cl. The summed E-state index contributed by atoms with van der Waals surface area (Å²) in [6, 6.07) is 4.88. The first-order chi connectivity index (χ1) is 7.66. The summed E-state index contributed by atoms with van der Waals surface area (Å²) >= 11 is 11.7. The second kappa shape index (κ2) is 5.35. The molecule has 88 valence electrons. The first-order valence-corrected chi connectivity index (χ1v) is 6.26. The van der Waals surface area contributed by atoms with Crippen LogP contribution in [0.15, 0.2) is 18.2 Å². The minimum absolute atomic E-state index is 0.221. The summed E-state index contributed by atoms with van der Waals surface area (Å²) in [6.07, 6.45) is 2.15. The van der Waals surface area contributed by atoms with Crippen LogP contribution in [0.25, 0.3) is 0 Å². The summed E-state index contributed by atoms with van der Waals surface area (Å²) in [5.41, 5.74) is 0.809. The summed E-state index contributed by atoms with van der Waals surface area (Å²) < 4.78 is 13.1. The van der Waals surface area contributed by atoms with Crippen LogP contribution >= 0.6 is 23.2 Å². The molecule has 0 bridgehead atoms. The molecule has 0 heterocycles. The van der Waals surface area contributed by atoms with Crippen LogP contribution in [0, 0.1) is 11.7 Å². The molecule has 1 aliphatic rings. The second-order valence-corrected chi connectivity index (χ2v) is 5.27. The highest BCUT2D eigenvalue weighted by molar-refractivity contribution is 6.31. The van der Waals surface area contributed by atoms with E-state index in [0.29, 0.717) is 17.8 Å². The molecule has 0 saturated heterocycles. The minimum Gasteiger partial charge on any atom is -0.312 e. The van der Waals surface area contributed by atoms with Crippen molar-refractivity contribution >= 4 is 23.2 Å². The highest BCUT2D eigenvalue weighted by atomic mass is 35.5. The zero-order valence-electron chi connectivity index (χ0n) is 8.85. The third-order valence-corrected chi connectivity index (χ3v) is 3.74. The van der Waals surface area contributed by atoms with Gasteiger partial charge in [0.05, 0.1) is 5.02 Å². The van der Waals surface area contributed by atoms with E-state index < -0.39 is 0 Å². The zero-order chi connectivity index (χ0) is 11.5. The molecule has 0 aliphatic heterocycles. The van der Waals surface area contributed by atoms with Crippen molar-refractivity contribution in [3.05, 3.63) is 34.6 Å². The third-order valence-electron chi connectivity index (χ3n) is 2.96. The van der Waals surface area contributed by atoms with E-state index in [2.05, 4.69) is 5.32 Å². The Kier molecular flexibility index (Phi) is 4.06. The lowest BCUT2D eigenvalue weighted by molar-refractivity contribution is 0.308. The minimum atomic E-state index is -0.356. The summed E-state index contributed by atoms with van der Waals surface area (Å²) in [5, 5.41) is 3.86. The van der Waals surface area contributed by atoms with Crippen LogP contribution in [0.2, 0.25) is 5.02 Å². The van der Waals surface area contributed by atoms with Gasteiger partial charge in [0.15, 0.2) is 0 Å². The maximum Gasteiger partial charge on any atom is 0.142 e. The topological polar surface area (TPSA) is 12.0 Å². The quantitative estimate of drug-likeness (QED) is 0.818. The lowest BCUT2D eigenvalue weighted by Gasteiger charge is -2.31. The predicted molar refractivity (Wildman–Crippen MR) is 65.5 cm³/mol. The van der Waals surface area contributed by atoms with Gasteiger partial charge in [-0.3, -0.25) is 0 Å². The van der Waals surface area contributed by atoms with E-state index in [1.807, 2.05) is 6.07 Å². The second-order valence-electron chi connectivity index (χ2n) is 4.28. The number of hydrogen-bond acceptors (Lipinski definition) is 1. The average molecular weight is 262 g/mol. The van der Waals surface area contributed by atoms with Crippen molar-refractivity contribution in [2.75, 3.05) is 6.54 Å². The van der Waals surface area contributed by atoms with Crippen molar-refractivity contribution in [3.63, 3.8) is 0 Å². The molecule has 1 aromatic carbocycles. The molecule has 1 N–H and O–H groups in total. The maximum atomic E-state index is 13.1. The lowest BCUT2D eigenvalue weighted by Crippen LogP contribution is -2.33. The molecular weight excluding hydrogens is 248 g/mol. The third kappa shape index (κ3) is 2.88. The molecule has 0 radical (unpaired) electrons. The molecule has 1 fully saturated rings. The van der Waals surface area contributed by atoms with Crippen molar-refractivity contribution in [2.45, 2.75) is 24.8 Å². The van der Waals surface area contributed by atoms with Crippen LogP contribution in [0.4, 0.5) is 4.39 Å². The average Bonchev–Trinajstić information content (AvgIpc) is 2.21. The Morgan fingerprint density at radius 2 is 2.12 bits per heavy atom. The molecule has 16 heavy (non-hydrogen) atoms. The number of rotatable bonds is 4. The fourth-order valence-electron chi connectivity index (χ4n) is 1.92. The van der Waals surface area contributed by atoms with Crippen LogP contribution in [0.5, 0.6) is 0 Å². The number of nitrogens with one attached hydrogen (secondary N) is 1. The van der Waals surface area contributed by atoms with Crippen molar-refractivity contribution in [2.24, 2.45) is 5.92 Å². The largest absolute Gasteiger partial charge is 0.312 e. The van der Waals surface area contributed by atoms with Gasteiger partial charge in [0.25, 0.3) is 0 Å². The van der Waals surface area contributed by atoms with Gasteiger partial charge in [-0.15, -0.1) is 11.6 Å². The molecule has 2 rings (SSSR count). The molecule has 1 nitrogen and oxygen atoms in total. The molecular formula is C12H14Cl2FN. The van der Waals surface area contributed by atoms with Crippen molar-refractivity contribution in [1.82, 2.24) is 5.32 Å². The van der Waals surface area contributed by atoms with Crippen molar-refractivity contribution < 1.29 is 4.39 Å². The van der Waals surface area contributed by atoms with E-state index in [-0.39, 0.29) is 10.8 Å². The molecule has 0 atom stereocenters. The molecule has 4 heteroatoms. The Hall–Kier alpha value is -0.310. The number of alkyl halides is 1. The molecule has 0 spiro atoms. The maximum absolute atomic E-state index is 13.1. The van der Waals surface area contributed by atoms with Crippen LogP contribution in [0.3, 0.4) is 0 Å². The van der Waals surface area contributed by atoms with Gasteiger partial charge >= 0.3 is 0 Å². The van der Waals surface area contributed by atoms with Crippen LogP contribution in [0.1, 0.15) is 18.4 Å². The van der Waals surface area contributed by atoms with E-state index in [4.69, 9.17) is 23.2 Å². The van der Waals surface area contributed by atoms with Crippen LogP contribution in [-0.4, -0.2) is 11.9 Å². The van der Waals surface area contributed by atoms with E-state index in [0.717, 1.165) is 24.9 Å². The van der Waals surface area contributed by atoms with Crippen molar-refractivity contribution in [3.8, 4) is 0 Å². The van der Waals surface area contributed by atoms with Crippen LogP contribution < -0.4 is 5.32 Å². The molecule has 1 aliphatic carbocycles. The van der Waals surface area contributed by atoms with E-state index >= 15 is 0 Å². The highest BCUT2D eigenvalue weighted by Gasteiger charge is 2.26. The van der Waals surface area contributed by atoms with E-state index in [9.17, 15) is 4.39 Å². The zero-order valence-corrected chi connectivity index (χ0v) is 10.4. The summed E-state index contributed by atoms with van der Waals surface area (Å²) in [7, 11) is 0. The van der Waals surface area contributed by atoms with Crippen LogP contribution in [-0.2, 0) is 6.54 Å². The Labute approximate surface area is 105 Å². The molecule has 0 aromatic heterocycles. The number of benzene rings is 1. The summed E-state index contributed by atoms with van der Waals surface area (Å²) in [4.78, 5) is 0. The van der Waals surface area contributed by atoms with Gasteiger partial charge in [-0.1, -0.05) is 23.7 Å². The number of hydrogen-bond donors (Lipinski definition) is 1. The summed E-state index contributed by atoms with van der Waals surface area (Å²) in [5.74, 6) is 0.306. The Bertz CT molecular complexity index is 364. The fourth-order valence-corrected chi connectivity index (χ4v) is 2.61. The van der Waals surface area contributed by atoms with E-state index in [1.165, 1.54) is 6.07 Å². The van der Waals surface area contributed by atoms with Gasteiger partial charge in [-0.25, -0.2) is 4.39 Å². The normalized spacial score (nSPS) is 24.2.